The third kappa shape index (κ3) is 2.58. The predicted molar refractivity (Wildman–Crippen MR) is 87.2 cm³/mol. The van der Waals surface area contributed by atoms with Gasteiger partial charge in [-0.3, -0.25) is 9.69 Å². The van der Waals surface area contributed by atoms with Crippen molar-refractivity contribution >= 4 is 11.6 Å². The van der Waals surface area contributed by atoms with Crippen LogP contribution in [0.15, 0.2) is 23.2 Å². The first-order chi connectivity index (χ1) is 11.6. The van der Waals surface area contributed by atoms with Crippen molar-refractivity contribution in [3.8, 4) is 0 Å². The van der Waals surface area contributed by atoms with Crippen LogP contribution >= 0.6 is 0 Å². The maximum Gasteiger partial charge on any atom is 0.231 e. The van der Waals surface area contributed by atoms with E-state index in [0.29, 0.717) is 5.92 Å². The minimum Gasteiger partial charge on any atom is -0.361 e. The number of anilines is 1. The molecule has 7 nitrogen and oxygen atoms in total. The molecule has 0 bridgehead atoms. The number of amides is 1. The Balaban J connectivity index is 1.48. The number of carbonyl (C=O) groups is 1. The van der Waals surface area contributed by atoms with Crippen LogP contribution in [-0.4, -0.2) is 45.6 Å². The molecule has 0 radical (unpaired) electrons. The summed E-state index contributed by atoms with van der Waals surface area (Å²) in [6.07, 6.45) is 5.93. The van der Waals surface area contributed by atoms with E-state index in [1.807, 2.05) is 18.7 Å². The maximum absolute atomic E-state index is 12.9. The molecule has 126 valence electrons. The zero-order chi connectivity index (χ0) is 16.7. The number of rotatable bonds is 3. The van der Waals surface area contributed by atoms with Gasteiger partial charge in [0.15, 0.2) is 0 Å². The van der Waals surface area contributed by atoms with E-state index in [9.17, 15) is 4.79 Å². The predicted octanol–water partition coefficient (Wildman–Crippen LogP) is 1.57. The van der Waals surface area contributed by atoms with Crippen LogP contribution in [0.2, 0.25) is 0 Å². The molecule has 0 spiro atoms. The summed E-state index contributed by atoms with van der Waals surface area (Å²) in [7, 11) is 0. The van der Waals surface area contributed by atoms with Crippen LogP contribution in [0, 0.1) is 25.7 Å². The average molecular weight is 327 g/mol. The molecule has 2 fully saturated rings. The van der Waals surface area contributed by atoms with Crippen molar-refractivity contribution in [3.05, 3.63) is 35.7 Å². The molecule has 0 N–H and O–H groups in total. The first-order valence-corrected chi connectivity index (χ1v) is 8.34. The number of carbonyl (C=O) groups excluding carboxylic acids is 1. The summed E-state index contributed by atoms with van der Waals surface area (Å²) in [5.41, 5.74) is 2.89. The second kappa shape index (κ2) is 5.98. The second-order valence-electron chi connectivity index (χ2n) is 6.74. The molecule has 2 aliphatic heterocycles. The van der Waals surface area contributed by atoms with Crippen LogP contribution in [-0.2, 0) is 11.3 Å². The standard InChI is InChI=1S/C17H21N5O2/c1-11-15(12(2)24-20-11)8-21-7-13-3-4-22(17(23)16(13)9-21)14-5-18-10-19-6-14/h5-6,10,13,16H,3-4,7-9H2,1-2H3/t13-,16-/m1/s1. The van der Waals surface area contributed by atoms with Gasteiger partial charge in [-0.05, 0) is 26.2 Å². The number of nitrogens with zero attached hydrogens (tertiary/aromatic N) is 5. The highest BCUT2D eigenvalue weighted by atomic mass is 16.5. The van der Waals surface area contributed by atoms with Gasteiger partial charge in [0, 0.05) is 31.7 Å². The Kier molecular flexibility index (Phi) is 3.80. The Morgan fingerprint density at radius 2 is 2.04 bits per heavy atom. The van der Waals surface area contributed by atoms with Gasteiger partial charge in [0.2, 0.25) is 5.91 Å². The lowest BCUT2D eigenvalue weighted by molar-refractivity contribution is -0.124. The maximum atomic E-state index is 12.9. The lowest BCUT2D eigenvalue weighted by Gasteiger charge is -2.33. The van der Waals surface area contributed by atoms with Gasteiger partial charge < -0.3 is 9.42 Å². The zero-order valence-corrected chi connectivity index (χ0v) is 14.0. The minimum atomic E-state index is 0.0550. The summed E-state index contributed by atoms with van der Waals surface area (Å²) in [5, 5.41) is 4.02. The fourth-order valence-electron chi connectivity index (χ4n) is 3.91. The number of fused-ring (bicyclic) bond motifs is 1. The quantitative estimate of drug-likeness (QED) is 0.852. The number of aromatic nitrogens is 3. The van der Waals surface area contributed by atoms with Crippen molar-refractivity contribution in [3.63, 3.8) is 0 Å². The molecule has 4 rings (SSSR count). The highest BCUT2D eigenvalue weighted by molar-refractivity contribution is 5.96. The summed E-state index contributed by atoms with van der Waals surface area (Å²) in [6.45, 7) is 7.21. The van der Waals surface area contributed by atoms with E-state index >= 15 is 0 Å². The highest BCUT2D eigenvalue weighted by Gasteiger charge is 2.43. The second-order valence-corrected chi connectivity index (χ2v) is 6.74. The van der Waals surface area contributed by atoms with Crippen LogP contribution < -0.4 is 4.90 Å². The fraction of sp³-hybridized carbons (Fsp3) is 0.529. The first kappa shape index (κ1) is 15.3. The molecule has 1 amide bonds. The number of likely N-dealkylation sites (tertiary alicyclic amines) is 1. The van der Waals surface area contributed by atoms with Crippen molar-refractivity contribution in [2.45, 2.75) is 26.8 Å². The molecule has 2 aromatic heterocycles. The number of hydrogen-bond donors (Lipinski definition) is 0. The van der Waals surface area contributed by atoms with Crippen LogP contribution in [0.3, 0.4) is 0 Å². The molecule has 0 unspecified atom stereocenters. The van der Waals surface area contributed by atoms with Crippen molar-refractivity contribution in [1.82, 2.24) is 20.0 Å². The zero-order valence-electron chi connectivity index (χ0n) is 14.0. The third-order valence-electron chi connectivity index (χ3n) is 5.24. The summed E-state index contributed by atoms with van der Waals surface area (Å²) in [5.74, 6) is 1.55. The topological polar surface area (TPSA) is 75.4 Å². The van der Waals surface area contributed by atoms with Crippen LogP contribution in [0.4, 0.5) is 5.69 Å². The molecule has 0 aliphatic carbocycles. The van der Waals surface area contributed by atoms with Gasteiger partial charge >= 0.3 is 0 Å². The molecular weight excluding hydrogens is 306 g/mol. The van der Waals surface area contributed by atoms with Gasteiger partial charge in [0.25, 0.3) is 0 Å². The Labute approximate surface area is 140 Å². The SMILES string of the molecule is Cc1noc(C)c1CN1C[C@H]2CCN(c3cncnc3)C(=O)[C@@H]2C1. The van der Waals surface area contributed by atoms with Crippen molar-refractivity contribution in [2.75, 3.05) is 24.5 Å². The number of aryl methyl sites for hydroxylation is 2. The van der Waals surface area contributed by atoms with Crippen LogP contribution in [0.5, 0.6) is 0 Å². The third-order valence-corrected chi connectivity index (χ3v) is 5.24. The molecular formula is C17H21N5O2. The summed E-state index contributed by atoms with van der Waals surface area (Å²) in [4.78, 5) is 25.2. The molecule has 2 aromatic rings. The average Bonchev–Trinajstić information content (AvgIpc) is 3.15. The normalized spacial score (nSPS) is 24.4. The lowest BCUT2D eigenvalue weighted by Crippen LogP contribution is -2.45. The van der Waals surface area contributed by atoms with E-state index < -0.39 is 0 Å². The summed E-state index contributed by atoms with van der Waals surface area (Å²) >= 11 is 0. The number of piperidine rings is 1. The van der Waals surface area contributed by atoms with Crippen molar-refractivity contribution in [2.24, 2.45) is 11.8 Å². The van der Waals surface area contributed by atoms with Gasteiger partial charge in [0.05, 0.1) is 29.7 Å². The Hall–Kier alpha value is -2.28. The van der Waals surface area contributed by atoms with Crippen molar-refractivity contribution in [1.29, 1.82) is 0 Å². The van der Waals surface area contributed by atoms with E-state index in [-0.39, 0.29) is 11.8 Å². The van der Waals surface area contributed by atoms with Gasteiger partial charge in [-0.1, -0.05) is 5.16 Å². The molecule has 2 saturated heterocycles. The van der Waals surface area contributed by atoms with E-state index in [1.54, 1.807) is 12.4 Å². The number of hydrogen-bond acceptors (Lipinski definition) is 6. The Bertz CT molecular complexity index is 725. The van der Waals surface area contributed by atoms with E-state index in [4.69, 9.17) is 4.52 Å². The Morgan fingerprint density at radius 3 is 2.75 bits per heavy atom. The van der Waals surface area contributed by atoms with E-state index in [2.05, 4.69) is 20.0 Å². The van der Waals surface area contributed by atoms with E-state index in [1.165, 1.54) is 6.33 Å². The van der Waals surface area contributed by atoms with Crippen molar-refractivity contribution < 1.29 is 9.32 Å². The van der Waals surface area contributed by atoms with Gasteiger partial charge in [-0.2, -0.15) is 0 Å². The summed E-state index contributed by atoms with van der Waals surface area (Å²) in [6, 6.07) is 0. The molecule has 4 heterocycles. The molecule has 7 heteroatoms. The summed E-state index contributed by atoms with van der Waals surface area (Å²) < 4.78 is 5.25. The lowest BCUT2D eigenvalue weighted by atomic mass is 9.88. The van der Waals surface area contributed by atoms with Crippen LogP contribution in [0.25, 0.3) is 0 Å². The molecule has 0 aromatic carbocycles. The van der Waals surface area contributed by atoms with Gasteiger partial charge in [-0.15, -0.1) is 0 Å². The largest absolute Gasteiger partial charge is 0.361 e. The highest BCUT2D eigenvalue weighted by Crippen LogP contribution is 2.35. The molecule has 2 aliphatic rings. The molecule has 2 atom stereocenters. The molecule has 24 heavy (non-hydrogen) atoms. The molecule has 0 saturated carbocycles. The van der Waals surface area contributed by atoms with Crippen LogP contribution in [0.1, 0.15) is 23.4 Å². The monoisotopic (exact) mass is 327 g/mol. The van der Waals surface area contributed by atoms with E-state index in [0.717, 1.165) is 55.3 Å². The first-order valence-electron chi connectivity index (χ1n) is 8.34. The fourth-order valence-corrected chi connectivity index (χ4v) is 3.91. The van der Waals surface area contributed by atoms with Gasteiger partial charge in [-0.25, -0.2) is 9.97 Å². The Morgan fingerprint density at radius 1 is 1.25 bits per heavy atom. The smallest absolute Gasteiger partial charge is 0.231 e. The minimum absolute atomic E-state index is 0.0550. The van der Waals surface area contributed by atoms with Gasteiger partial charge in [0.1, 0.15) is 12.1 Å².